The molecule has 3 rings (SSSR count). The molecule has 2 aromatic carbocycles. The minimum absolute atomic E-state index is 0.0424. The number of nitrogens with one attached hydrogen (secondary N) is 1. The van der Waals surface area contributed by atoms with Crippen LogP contribution in [0.15, 0.2) is 59.1 Å². The Kier molecular flexibility index (Phi) is 6.35. The molecule has 1 fully saturated rings. The maximum absolute atomic E-state index is 12.3. The summed E-state index contributed by atoms with van der Waals surface area (Å²) in [5.41, 5.74) is -0.239. The Hall–Kier alpha value is -3.73. The molecule has 1 heterocycles. The predicted molar refractivity (Wildman–Crippen MR) is 111 cm³/mol. The number of benzene rings is 2. The van der Waals surface area contributed by atoms with Gasteiger partial charge in [0.1, 0.15) is 11.4 Å². The Bertz CT molecular complexity index is 1160. The number of rotatable bonds is 8. The van der Waals surface area contributed by atoms with Crippen LogP contribution in [0.25, 0.3) is 6.08 Å². The van der Waals surface area contributed by atoms with Gasteiger partial charge < -0.3 is 4.74 Å². The van der Waals surface area contributed by atoms with Crippen molar-refractivity contribution in [2.75, 3.05) is 19.4 Å². The first-order valence-corrected chi connectivity index (χ1v) is 10.8. The van der Waals surface area contributed by atoms with Crippen LogP contribution in [0.1, 0.15) is 12.0 Å². The first kappa shape index (κ1) is 22.0. The summed E-state index contributed by atoms with van der Waals surface area (Å²) in [6.45, 7) is 0.0682. The number of sulfone groups is 1. The van der Waals surface area contributed by atoms with E-state index in [1.807, 2.05) is 0 Å². The van der Waals surface area contributed by atoms with Gasteiger partial charge in [0.15, 0.2) is 9.84 Å². The Labute approximate surface area is 178 Å². The van der Waals surface area contributed by atoms with Crippen molar-refractivity contribution < 1.29 is 27.7 Å². The van der Waals surface area contributed by atoms with Crippen LogP contribution in [-0.2, 0) is 14.6 Å². The lowest BCUT2D eigenvalue weighted by atomic mass is 10.1. The van der Waals surface area contributed by atoms with E-state index in [1.54, 1.807) is 18.2 Å². The predicted octanol–water partition coefficient (Wildman–Crippen LogP) is 2.36. The average molecular weight is 445 g/mol. The second-order valence-electron chi connectivity index (χ2n) is 6.66. The zero-order valence-electron chi connectivity index (χ0n) is 16.5. The van der Waals surface area contributed by atoms with E-state index >= 15 is 0 Å². The number of likely N-dealkylation sites (N-methyl/N-ethyl adjacent to an activating group) is 1. The molecule has 0 unspecified atom stereocenters. The molecule has 2 aromatic rings. The molecular weight excluding hydrogens is 426 g/mol. The molecule has 11 heteroatoms. The van der Waals surface area contributed by atoms with Crippen molar-refractivity contribution in [3.8, 4) is 5.75 Å². The van der Waals surface area contributed by atoms with Crippen molar-refractivity contribution >= 4 is 33.5 Å². The highest BCUT2D eigenvalue weighted by molar-refractivity contribution is 7.91. The molecule has 31 heavy (non-hydrogen) atoms. The summed E-state index contributed by atoms with van der Waals surface area (Å²) in [6, 6.07) is 11.4. The molecule has 1 saturated heterocycles. The third-order valence-electron chi connectivity index (χ3n) is 4.54. The Morgan fingerprint density at radius 3 is 2.48 bits per heavy atom. The van der Waals surface area contributed by atoms with E-state index in [0.29, 0.717) is 0 Å². The number of nitro benzene ring substituents is 1. The van der Waals surface area contributed by atoms with Crippen molar-refractivity contribution in [2.24, 2.45) is 0 Å². The third kappa shape index (κ3) is 5.07. The quantitative estimate of drug-likeness (QED) is 0.217. The minimum atomic E-state index is -3.43. The molecule has 0 radical (unpaired) electrons. The molecule has 0 bridgehead atoms. The van der Waals surface area contributed by atoms with Crippen molar-refractivity contribution in [1.82, 2.24) is 10.2 Å². The summed E-state index contributed by atoms with van der Waals surface area (Å²) < 4.78 is 30.1. The normalized spacial score (nSPS) is 15.3. The summed E-state index contributed by atoms with van der Waals surface area (Å²) in [5, 5.41) is 13.4. The van der Waals surface area contributed by atoms with Crippen molar-refractivity contribution in [3.63, 3.8) is 0 Å². The second kappa shape index (κ2) is 8.96. The topological polar surface area (TPSA) is 136 Å². The maximum Gasteiger partial charge on any atom is 0.328 e. The standard InChI is InChI=1S/C20H19N3O7S/c1-22-18(19(24)21-20(22)25)13-14-12-15(8-9-17(14)23(26)27)30-10-5-11-31(28,29)16-6-3-2-4-7-16/h2-4,6-9,12-13H,5,10-11H2,1H3,(H,21,24,25)/b18-13+. The van der Waals surface area contributed by atoms with Gasteiger partial charge in [-0.1, -0.05) is 18.2 Å². The smallest absolute Gasteiger partial charge is 0.328 e. The lowest BCUT2D eigenvalue weighted by molar-refractivity contribution is -0.385. The number of ether oxygens (including phenoxy) is 1. The number of nitro groups is 1. The Balaban J connectivity index is 1.72. The van der Waals surface area contributed by atoms with Crippen molar-refractivity contribution in [2.45, 2.75) is 11.3 Å². The van der Waals surface area contributed by atoms with Gasteiger partial charge in [0.2, 0.25) is 0 Å². The molecule has 1 N–H and O–H groups in total. The minimum Gasteiger partial charge on any atom is -0.494 e. The molecule has 1 aliphatic heterocycles. The number of urea groups is 1. The van der Waals surface area contributed by atoms with Gasteiger partial charge in [-0.2, -0.15) is 0 Å². The number of imide groups is 1. The fourth-order valence-electron chi connectivity index (χ4n) is 2.91. The van der Waals surface area contributed by atoms with E-state index in [9.17, 15) is 28.1 Å². The van der Waals surface area contributed by atoms with Crippen LogP contribution in [0.4, 0.5) is 10.5 Å². The molecular formula is C20H19N3O7S. The number of hydrogen-bond donors (Lipinski definition) is 1. The Morgan fingerprint density at radius 1 is 1.16 bits per heavy atom. The molecule has 162 valence electrons. The summed E-state index contributed by atoms with van der Waals surface area (Å²) in [6.07, 6.45) is 1.44. The monoisotopic (exact) mass is 445 g/mol. The molecule has 1 aliphatic rings. The number of nitrogens with zero attached hydrogens (tertiary/aromatic N) is 2. The third-order valence-corrected chi connectivity index (χ3v) is 6.35. The first-order valence-electron chi connectivity index (χ1n) is 9.19. The van der Waals surface area contributed by atoms with Gasteiger partial charge in [-0.3, -0.25) is 25.1 Å². The molecule has 0 aromatic heterocycles. The average Bonchev–Trinajstić information content (AvgIpc) is 2.98. The van der Waals surface area contributed by atoms with Crippen LogP contribution in [0.3, 0.4) is 0 Å². The Morgan fingerprint density at radius 2 is 1.87 bits per heavy atom. The van der Waals surface area contributed by atoms with Crippen LogP contribution in [0.2, 0.25) is 0 Å². The van der Waals surface area contributed by atoms with Gasteiger partial charge in [0.25, 0.3) is 11.6 Å². The van der Waals surface area contributed by atoms with E-state index in [-0.39, 0.29) is 46.4 Å². The number of carbonyl (C=O) groups excluding carboxylic acids is 2. The van der Waals surface area contributed by atoms with Gasteiger partial charge in [-0.15, -0.1) is 0 Å². The number of carbonyl (C=O) groups is 2. The van der Waals surface area contributed by atoms with E-state index in [2.05, 4.69) is 5.32 Å². The van der Waals surface area contributed by atoms with E-state index in [1.165, 1.54) is 43.5 Å². The van der Waals surface area contributed by atoms with Crippen LogP contribution in [0, 0.1) is 10.1 Å². The van der Waals surface area contributed by atoms with Gasteiger partial charge >= 0.3 is 6.03 Å². The zero-order valence-corrected chi connectivity index (χ0v) is 17.3. The largest absolute Gasteiger partial charge is 0.494 e. The molecule has 3 amide bonds. The summed E-state index contributed by atoms with van der Waals surface area (Å²) in [4.78, 5) is 35.5. The first-order chi connectivity index (χ1) is 14.7. The van der Waals surface area contributed by atoms with E-state index in [0.717, 1.165) is 4.90 Å². The summed E-state index contributed by atoms with van der Waals surface area (Å²) in [5.74, 6) is -0.519. The maximum atomic E-state index is 12.3. The fraction of sp³-hybridized carbons (Fsp3) is 0.200. The highest BCUT2D eigenvalue weighted by Crippen LogP contribution is 2.28. The summed E-state index contributed by atoms with van der Waals surface area (Å²) >= 11 is 0. The number of hydrogen-bond acceptors (Lipinski definition) is 7. The zero-order chi connectivity index (χ0) is 22.6. The van der Waals surface area contributed by atoms with Crippen LogP contribution in [-0.4, -0.2) is 49.6 Å². The van der Waals surface area contributed by atoms with Gasteiger partial charge in [0.05, 0.1) is 27.7 Å². The summed E-state index contributed by atoms with van der Waals surface area (Å²) in [7, 11) is -2.07. The second-order valence-corrected chi connectivity index (χ2v) is 8.77. The lowest BCUT2D eigenvalue weighted by Crippen LogP contribution is -2.24. The van der Waals surface area contributed by atoms with Gasteiger partial charge in [-0.05, 0) is 36.8 Å². The lowest BCUT2D eigenvalue weighted by Gasteiger charge is -2.10. The SMILES string of the molecule is CN1C(=O)NC(=O)/C1=C\c1cc(OCCCS(=O)(=O)c2ccccc2)ccc1[N+](=O)[O-]. The van der Waals surface area contributed by atoms with E-state index in [4.69, 9.17) is 4.74 Å². The molecule has 10 nitrogen and oxygen atoms in total. The highest BCUT2D eigenvalue weighted by Gasteiger charge is 2.30. The van der Waals surface area contributed by atoms with Crippen molar-refractivity contribution in [3.05, 3.63) is 69.9 Å². The van der Waals surface area contributed by atoms with Gasteiger partial charge in [-0.25, -0.2) is 13.2 Å². The van der Waals surface area contributed by atoms with Crippen LogP contribution in [0.5, 0.6) is 5.75 Å². The number of amides is 3. The highest BCUT2D eigenvalue weighted by atomic mass is 32.2. The van der Waals surface area contributed by atoms with E-state index < -0.39 is 26.7 Å². The molecule has 0 aliphatic carbocycles. The molecule has 0 saturated carbocycles. The van der Waals surface area contributed by atoms with Crippen LogP contribution >= 0.6 is 0 Å². The molecule has 0 atom stereocenters. The van der Waals surface area contributed by atoms with Gasteiger partial charge in [0, 0.05) is 13.1 Å². The van der Waals surface area contributed by atoms with Crippen LogP contribution < -0.4 is 10.1 Å². The fourth-order valence-corrected chi connectivity index (χ4v) is 4.21. The van der Waals surface area contributed by atoms with Crippen molar-refractivity contribution in [1.29, 1.82) is 0 Å². The molecule has 0 spiro atoms.